The van der Waals surface area contributed by atoms with E-state index in [1.165, 1.54) is 0 Å². The molecule has 0 aliphatic heterocycles. The Labute approximate surface area is 125 Å². The monoisotopic (exact) mass is 281 g/mol. The molecule has 0 bridgehead atoms. The Morgan fingerprint density at radius 3 is 2.67 bits per heavy atom. The minimum atomic E-state index is 0.645. The highest BCUT2D eigenvalue weighted by Crippen LogP contribution is 2.15. The van der Waals surface area contributed by atoms with E-state index in [0.717, 1.165) is 30.1 Å². The van der Waals surface area contributed by atoms with Gasteiger partial charge in [0, 0.05) is 25.0 Å². The molecule has 0 heterocycles. The lowest BCUT2D eigenvalue weighted by Gasteiger charge is -2.19. The summed E-state index contributed by atoms with van der Waals surface area (Å²) in [6.45, 7) is 1.51. The van der Waals surface area contributed by atoms with Crippen LogP contribution in [0, 0.1) is 11.3 Å². The number of anilines is 2. The Morgan fingerprint density at radius 1 is 1.19 bits per heavy atom. The first-order valence-electron chi connectivity index (χ1n) is 6.88. The summed E-state index contributed by atoms with van der Waals surface area (Å²) in [6, 6.07) is 17.1. The van der Waals surface area contributed by atoms with Crippen molar-refractivity contribution in [1.82, 2.24) is 0 Å². The van der Waals surface area contributed by atoms with Crippen molar-refractivity contribution < 1.29 is 4.74 Å². The van der Waals surface area contributed by atoms with Gasteiger partial charge in [-0.2, -0.15) is 5.26 Å². The maximum absolute atomic E-state index is 8.91. The molecule has 2 aromatic carbocycles. The normalized spacial score (nSPS) is 9.90. The summed E-state index contributed by atoms with van der Waals surface area (Å²) in [7, 11) is 2.01. The number of hydrogen-bond acceptors (Lipinski definition) is 4. The van der Waals surface area contributed by atoms with E-state index in [9.17, 15) is 0 Å². The summed E-state index contributed by atoms with van der Waals surface area (Å²) in [5, 5.41) is 8.91. The molecule has 0 aromatic heterocycles. The summed E-state index contributed by atoms with van der Waals surface area (Å²) in [6.07, 6.45) is 0.900. The molecule has 21 heavy (non-hydrogen) atoms. The van der Waals surface area contributed by atoms with Crippen molar-refractivity contribution in [3.63, 3.8) is 0 Å². The molecule has 0 atom stereocenters. The Hall–Kier alpha value is -2.67. The summed E-state index contributed by atoms with van der Waals surface area (Å²) < 4.78 is 5.66. The van der Waals surface area contributed by atoms with Gasteiger partial charge in [-0.15, -0.1) is 0 Å². The standard InChI is InChI=1S/C17H19N3O/c1-20(16-5-2-4-14(12-16)13-18)10-3-11-21-17-8-6-15(19)7-9-17/h2,4-9,12H,3,10-11,19H2,1H3. The zero-order chi connectivity index (χ0) is 15.1. The number of ether oxygens (including phenoxy) is 1. The molecule has 0 aliphatic rings. The molecule has 0 saturated heterocycles. The van der Waals surface area contributed by atoms with Gasteiger partial charge in [0.1, 0.15) is 5.75 Å². The highest BCUT2D eigenvalue weighted by Gasteiger charge is 2.02. The van der Waals surface area contributed by atoms with Gasteiger partial charge in [-0.1, -0.05) is 6.07 Å². The van der Waals surface area contributed by atoms with E-state index in [-0.39, 0.29) is 0 Å². The van der Waals surface area contributed by atoms with Crippen molar-refractivity contribution in [2.45, 2.75) is 6.42 Å². The number of nitriles is 1. The highest BCUT2D eigenvalue weighted by molar-refractivity contribution is 5.50. The van der Waals surface area contributed by atoms with Gasteiger partial charge >= 0.3 is 0 Å². The number of nitrogens with zero attached hydrogens (tertiary/aromatic N) is 2. The zero-order valence-electron chi connectivity index (χ0n) is 12.1. The summed E-state index contributed by atoms with van der Waals surface area (Å²) in [4.78, 5) is 2.12. The van der Waals surface area contributed by atoms with Gasteiger partial charge in [0.15, 0.2) is 0 Å². The average Bonchev–Trinajstić information content (AvgIpc) is 2.53. The minimum Gasteiger partial charge on any atom is -0.494 e. The molecule has 2 aromatic rings. The molecule has 2 N–H and O–H groups in total. The second-order valence-corrected chi connectivity index (χ2v) is 4.85. The van der Waals surface area contributed by atoms with Crippen LogP contribution in [0.25, 0.3) is 0 Å². The van der Waals surface area contributed by atoms with Gasteiger partial charge in [-0.25, -0.2) is 0 Å². The van der Waals surface area contributed by atoms with Crippen LogP contribution in [0.4, 0.5) is 11.4 Å². The van der Waals surface area contributed by atoms with E-state index in [4.69, 9.17) is 15.7 Å². The topological polar surface area (TPSA) is 62.3 Å². The maximum Gasteiger partial charge on any atom is 0.119 e. The first kappa shape index (κ1) is 14.7. The first-order valence-corrected chi connectivity index (χ1v) is 6.88. The molecule has 0 spiro atoms. The molecule has 0 fully saturated rings. The third-order valence-electron chi connectivity index (χ3n) is 3.20. The Kier molecular flexibility index (Phi) is 5.05. The number of nitrogens with two attached hydrogens (primary N) is 1. The zero-order valence-corrected chi connectivity index (χ0v) is 12.1. The minimum absolute atomic E-state index is 0.645. The fraction of sp³-hybridized carbons (Fsp3) is 0.235. The molecule has 4 heteroatoms. The van der Waals surface area contributed by atoms with E-state index < -0.39 is 0 Å². The van der Waals surface area contributed by atoms with E-state index in [0.29, 0.717) is 12.2 Å². The fourth-order valence-corrected chi connectivity index (χ4v) is 2.00. The van der Waals surface area contributed by atoms with Crippen LogP contribution >= 0.6 is 0 Å². The second kappa shape index (κ2) is 7.20. The molecular formula is C17H19N3O. The number of benzene rings is 2. The van der Waals surface area contributed by atoms with Crippen molar-refractivity contribution in [1.29, 1.82) is 5.26 Å². The number of hydrogen-bond donors (Lipinski definition) is 1. The van der Waals surface area contributed by atoms with Crippen LogP contribution < -0.4 is 15.4 Å². The molecule has 2 rings (SSSR count). The Balaban J connectivity index is 1.77. The molecule has 0 aliphatic carbocycles. The van der Waals surface area contributed by atoms with Crippen LogP contribution in [-0.2, 0) is 0 Å². The van der Waals surface area contributed by atoms with E-state index in [1.54, 1.807) is 0 Å². The van der Waals surface area contributed by atoms with Crippen LogP contribution in [0.1, 0.15) is 12.0 Å². The quantitative estimate of drug-likeness (QED) is 0.653. The number of rotatable bonds is 6. The lowest BCUT2D eigenvalue weighted by Crippen LogP contribution is -2.20. The third-order valence-corrected chi connectivity index (χ3v) is 3.20. The molecule has 0 radical (unpaired) electrons. The molecule has 0 unspecified atom stereocenters. The lowest BCUT2D eigenvalue weighted by molar-refractivity contribution is 0.312. The molecule has 0 amide bonds. The fourth-order valence-electron chi connectivity index (χ4n) is 2.00. The van der Waals surface area contributed by atoms with Gasteiger partial charge in [0.25, 0.3) is 0 Å². The highest BCUT2D eigenvalue weighted by atomic mass is 16.5. The molecule has 0 saturated carbocycles. The summed E-state index contributed by atoms with van der Waals surface area (Å²) in [5.41, 5.74) is 8.08. The van der Waals surface area contributed by atoms with Crippen molar-refractivity contribution in [2.24, 2.45) is 0 Å². The van der Waals surface area contributed by atoms with Gasteiger partial charge in [-0.3, -0.25) is 0 Å². The van der Waals surface area contributed by atoms with E-state index >= 15 is 0 Å². The summed E-state index contributed by atoms with van der Waals surface area (Å²) in [5.74, 6) is 0.832. The maximum atomic E-state index is 8.91. The van der Waals surface area contributed by atoms with Crippen LogP contribution in [-0.4, -0.2) is 20.2 Å². The van der Waals surface area contributed by atoms with Crippen molar-refractivity contribution in [3.05, 3.63) is 54.1 Å². The predicted molar refractivity (Wildman–Crippen MR) is 85.4 cm³/mol. The average molecular weight is 281 g/mol. The number of nitrogen functional groups attached to an aromatic ring is 1. The van der Waals surface area contributed by atoms with Crippen LogP contribution in [0.5, 0.6) is 5.75 Å². The van der Waals surface area contributed by atoms with Gasteiger partial charge < -0.3 is 15.4 Å². The van der Waals surface area contributed by atoms with Crippen molar-refractivity contribution in [3.8, 4) is 11.8 Å². The third kappa shape index (κ3) is 4.43. The second-order valence-electron chi connectivity index (χ2n) is 4.85. The predicted octanol–water partition coefficient (Wildman–Crippen LogP) is 3.05. The summed E-state index contributed by atoms with van der Waals surface area (Å²) >= 11 is 0. The van der Waals surface area contributed by atoms with Crippen molar-refractivity contribution >= 4 is 11.4 Å². The molecule has 4 nitrogen and oxygen atoms in total. The van der Waals surface area contributed by atoms with Gasteiger partial charge in [0.2, 0.25) is 0 Å². The lowest BCUT2D eigenvalue weighted by atomic mass is 10.2. The van der Waals surface area contributed by atoms with Crippen molar-refractivity contribution in [2.75, 3.05) is 30.8 Å². The van der Waals surface area contributed by atoms with Crippen LogP contribution in [0.3, 0.4) is 0 Å². The molecule has 108 valence electrons. The Morgan fingerprint density at radius 2 is 1.95 bits per heavy atom. The smallest absolute Gasteiger partial charge is 0.119 e. The van der Waals surface area contributed by atoms with E-state index in [1.807, 2.05) is 55.6 Å². The van der Waals surface area contributed by atoms with Crippen LogP contribution in [0.2, 0.25) is 0 Å². The van der Waals surface area contributed by atoms with E-state index in [2.05, 4.69) is 11.0 Å². The van der Waals surface area contributed by atoms with Crippen LogP contribution in [0.15, 0.2) is 48.5 Å². The first-order chi connectivity index (χ1) is 10.2. The Bertz CT molecular complexity index is 617. The van der Waals surface area contributed by atoms with Gasteiger partial charge in [-0.05, 0) is 48.9 Å². The molecular weight excluding hydrogens is 262 g/mol. The van der Waals surface area contributed by atoms with Gasteiger partial charge in [0.05, 0.1) is 18.2 Å². The SMILES string of the molecule is CN(CCCOc1ccc(N)cc1)c1cccc(C#N)c1. The largest absolute Gasteiger partial charge is 0.494 e.